The lowest BCUT2D eigenvalue weighted by atomic mass is 9.76. The minimum Gasteiger partial charge on any atom is -0.108 e. The second-order valence-electron chi connectivity index (χ2n) is 6.03. The Labute approximate surface area is 136 Å². The third-order valence-corrected chi connectivity index (χ3v) is 7.46. The van der Waals surface area contributed by atoms with Crippen LogP contribution in [0.3, 0.4) is 0 Å². The largest absolute Gasteiger partial charge is 0.108 e. The summed E-state index contributed by atoms with van der Waals surface area (Å²) < 4.78 is 0.302. The van der Waals surface area contributed by atoms with Crippen LogP contribution < -0.4 is 0 Å². The van der Waals surface area contributed by atoms with Gasteiger partial charge < -0.3 is 0 Å². The molecular formula is C19H22S2. The Morgan fingerprint density at radius 1 is 0.857 bits per heavy atom. The molecule has 1 aliphatic rings. The monoisotopic (exact) mass is 314 g/mol. The van der Waals surface area contributed by atoms with Crippen LogP contribution in [-0.4, -0.2) is 4.08 Å². The molecule has 1 saturated carbocycles. The van der Waals surface area contributed by atoms with Gasteiger partial charge in [-0.15, -0.1) is 23.5 Å². The molecule has 3 rings (SSSR count). The van der Waals surface area contributed by atoms with Crippen molar-refractivity contribution in [3.63, 3.8) is 0 Å². The smallest absolute Gasteiger partial charge is 0.0735 e. The molecule has 0 radical (unpaired) electrons. The molecule has 0 spiro atoms. The Hall–Kier alpha value is -0.860. The quantitative estimate of drug-likeness (QED) is 0.591. The molecule has 0 nitrogen and oxygen atoms in total. The maximum atomic E-state index is 2.37. The van der Waals surface area contributed by atoms with E-state index in [0.29, 0.717) is 4.08 Å². The molecule has 1 fully saturated rings. The zero-order valence-corrected chi connectivity index (χ0v) is 14.3. The topological polar surface area (TPSA) is 0 Å². The highest BCUT2D eigenvalue weighted by Crippen LogP contribution is 2.62. The lowest BCUT2D eigenvalue weighted by molar-refractivity contribution is 0.225. The summed E-state index contributed by atoms with van der Waals surface area (Å²) in [7, 11) is 0. The van der Waals surface area contributed by atoms with Gasteiger partial charge in [0.05, 0.1) is 4.08 Å². The van der Waals surface area contributed by atoms with Crippen LogP contribution in [-0.2, 0) is 0 Å². The first-order valence-electron chi connectivity index (χ1n) is 7.68. The van der Waals surface area contributed by atoms with Gasteiger partial charge in [-0.25, -0.2) is 0 Å². The number of hydrogen-bond donors (Lipinski definition) is 0. The van der Waals surface area contributed by atoms with Gasteiger partial charge in [0.2, 0.25) is 0 Å². The van der Waals surface area contributed by atoms with Crippen molar-refractivity contribution in [1.82, 2.24) is 0 Å². The van der Waals surface area contributed by atoms with E-state index in [1.54, 1.807) is 0 Å². The Kier molecular flexibility index (Phi) is 4.66. The van der Waals surface area contributed by atoms with E-state index in [0.717, 1.165) is 11.8 Å². The van der Waals surface area contributed by atoms with E-state index in [2.05, 4.69) is 98.0 Å². The first kappa shape index (κ1) is 15.1. The summed E-state index contributed by atoms with van der Waals surface area (Å²) in [6.07, 6.45) is 2.66. The molecule has 0 saturated heterocycles. The van der Waals surface area contributed by atoms with Crippen LogP contribution in [0.25, 0.3) is 0 Å². The Bertz CT molecular complexity index is 521. The van der Waals surface area contributed by atoms with E-state index < -0.39 is 0 Å². The molecule has 0 aromatic heterocycles. The molecule has 2 aromatic carbocycles. The van der Waals surface area contributed by atoms with Gasteiger partial charge in [0.25, 0.3) is 0 Å². The van der Waals surface area contributed by atoms with Crippen molar-refractivity contribution in [1.29, 1.82) is 0 Å². The molecule has 21 heavy (non-hydrogen) atoms. The summed E-state index contributed by atoms with van der Waals surface area (Å²) in [5.74, 6) is 1.53. The highest BCUT2D eigenvalue weighted by molar-refractivity contribution is 8.18. The van der Waals surface area contributed by atoms with Crippen molar-refractivity contribution in [2.75, 3.05) is 0 Å². The van der Waals surface area contributed by atoms with E-state index in [1.807, 2.05) is 0 Å². The molecule has 0 amide bonds. The Morgan fingerprint density at radius 2 is 1.33 bits per heavy atom. The number of benzene rings is 2. The molecule has 2 heteroatoms. The highest BCUT2D eigenvalue weighted by atomic mass is 32.2. The van der Waals surface area contributed by atoms with Crippen LogP contribution in [0.4, 0.5) is 0 Å². The molecule has 0 aliphatic heterocycles. The zero-order chi connectivity index (χ0) is 14.7. The molecule has 0 heterocycles. The molecule has 0 bridgehead atoms. The van der Waals surface area contributed by atoms with Gasteiger partial charge in [-0.2, -0.15) is 0 Å². The summed E-state index contributed by atoms with van der Waals surface area (Å²) in [4.78, 5) is 2.79. The minimum atomic E-state index is 0.302. The van der Waals surface area contributed by atoms with Crippen molar-refractivity contribution in [3.05, 3.63) is 60.7 Å². The van der Waals surface area contributed by atoms with E-state index in [-0.39, 0.29) is 0 Å². The molecule has 1 atom stereocenters. The summed E-state index contributed by atoms with van der Waals surface area (Å²) in [6.45, 7) is 4.74. The fraction of sp³-hybridized carbons (Fsp3) is 0.368. The number of rotatable bonds is 5. The first-order chi connectivity index (χ1) is 10.2. The Balaban J connectivity index is 1.85. The molecule has 110 valence electrons. The SMILES string of the molecule is CC(C)C1CCC1(Sc1ccccc1)Sc1ccccc1. The van der Waals surface area contributed by atoms with Gasteiger partial charge in [0.1, 0.15) is 0 Å². The van der Waals surface area contributed by atoms with Crippen molar-refractivity contribution in [2.45, 2.75) is 40.6 Å². The fourth-order valence-corrected chi connectivity index (χ4v) is 6.69. The van der Waals surface area contributed by atoms with Crippen LogP contribution in [0.5, 0.6) is 0 Å². The van der Waals surface area contributed by atoms with Gasteiger partial charge >= 0.3 is 0 Å². The van der Waals surface area contributed by atoms with Crippen molar-refractivity contribution < 1.29 is 0 Å². The van der Waals surface area contributed by atoms with Crippen LogP contribution >= 0.6 is 23.5 Å². The summed E-state index contributed by atoms with van der Waals surface area (Å²) >= 11 is 4.14. The standard InChI is InChI=1S/C19H22S2/c1-15(2)18-13-14-19(18,20-16-9-5-3-6-10-16)21-17-11-7-4-8-12-17/h3-12,15,18H,13-14H2,1-2H3. The number of hydrogen-bond acceptors (Lipinski definition) is 2. The van der Waals surface area contributed by atoms with Gasteiger partial charge in [-0.05, 0) is 48.9 Å². The molecule has 1 aliphatic carbocycles. The second-order valence-corrected chi connectivity index (χ2v) is 9.10. The molecule has 2 aromatic rings. The maximum Gasteiger partial charge on any atom is 0.0735 e. The molecule has 1 unspecified atom stereocenters. The van der Waals surface area contributed by atoms with Crippen LogP contribution in [0.2, 0.25) is 0 Å². The number of thioether (sulfide) groups is 2. The lowest BCUT2D eigenvalue weighted by Crippen LogP contribution is -2.43. The molecule has 0 N–H and O–H groups in total. The zero-order valence-electron chi connectivity index (χ0n) is 12.7. The van der Waals surface area contributed by atoms with Gasteiger partial charge in [-0.3, -0.25) is 0 Å². The summed E-state index contributed by atoms with van der Waals surface area (Å²) in [6, 6.07) is 21.8. The maximum absolute atomic E-state index is 2.37. The normalized spacial score (nSPS) is 20.2. The minimum absolute atomic E-state index is 0.302. The van der Waals surface area contributed by atoms with Gasteiger partial charge in [-0.1, -0.05) is 50.2 Å². The first-order valence-corrected chi connectivity index (χ1v) is 9.31. The van der Waals surface area contributed by atoms with E-state index in [1.165, 1.54) is 22.6 Å². The van der Waals surface area contributed by atoms with Gasteiger partial charge in [0, 0.05) is 9.79 Å². The van der Waals surface area contributed by atoms with Crippen molar-refractivity contribution in [3.8, 4) is 0 Å². The lowest BCUT2D eigenvalue weighted by Gasteiger charge is -2.50. The van der Waals surface area contributed by atoms with E-state index in [4.69, 9.17) is 0 Å². The van der Waals surface area contributed by atoms with Crippen molar-refractivity contribution in [2.24, 2.45) is 11.8 Å². The Morgan fingerprint density at radius 3 is 1.67 bits per heavy atom. The predicted molar refractivity (Wildman–Crippen MR) is 94.9 cm³/mol. The average Bonchev–Trinajstić information content (AvgIpc) is 2.47. The van der Waals surface area contributed by atoms with Crippen LogP contribution in [0.15, 0.2) is 70.5 Å². The second kappa shape index (κ2) is 6.50. The van der Waals surface area contributed by atoms with Gasteiger partial charge in [0.15, 0.2) is 0 Å². The van der Waals surface area contributed by atoms with Crippen LogP contribution in [0.1, 0.15) is 26.7 Å². The third kappa shape index (κ3) is 3.32. The fourth-order valence-electron chi connectivity index (χ4n) is 3.04. The predicted octanol–water partition coefficient (Wildman–Crippen LogP) is 6.33. The summed E-state index contributed by atoms with van der Waals surface area (Å²) in [5.41, 5.74) is 0. The van der Waals surface area contributed by atoms with E-state index in [9.17, 15) is 0 Å². The van der Waals surface area contributed by atoms with Crippen molar-refractivity contribution >= 4 is 23.5 Å². The average molecular weight is 315 g/mol. The summed E-state index contributed by atoms with van der Waals surface area (Å²) in [5, 5.41) is 0. The molecular weight excluding hydrogens is 292 g/mol. The van der Waals surface area contributed by atoms with E-state index >= 15 is 0 Å². The third-order valence-electron chi connectivity index (χ3n) is 4.24. The highest BCUT2D eigenvalue weighted by Gasteiger charge is 2.49. The van der Waals surface area contributed by atoms with Crippen LogP contribution in [0, 0.1) is 11.8 Å².